The van der Waals surface area contributed by atoms with Crippen LogP contribution in [0.2, 0.25) is 0 Å². The summed E-state index contributed by atoms with van der Waals surface area (Å²) in [6, 6.07) is 4.71. The summed E-state index contributed by atoms with van der Waals surface area (Å²) in [5.74, 6) is -0.217. The molecule has 1 aromatic heterocycles. The van der Waals surface area contributed by atoms with Crippen molar-refractivity contribution in [3.05, 3.63) is 35.8 Å². The fourth-order valence-electron chi connectivity index (χ4n) is 1.76. The first-order valence-electron chi connectivity index (χ1n) is 4.59. The van der Waals surface area contributed by atoms with Gasteiger partial charge in [-0.15, -0.1) is 0 Å². The zero-order valence-electron chi connectivity index (χ0n) is 8.29. The van der Waals surface area contributed by atoms with Gasteiger partial charge in [-0.05, 0) is 30.7 Å². The summed E-state index contributed by atoms with van der Waals surface area (Å²) in [6.45, 7) is 1.90. The molecular weight excluding hydrogens is 179 g/mol. The van der Waals surface area contributed by atoms with E-state index in [0.717, 1.165) is 16.5 Å². The predicted octanol–water partition coefficient (Wildman–Crippen LogP) is 2.34. The van der Waals surface area contributed by atoms with Gasteiger partial charge in [0.1, 0.15) is 5.82 Å². The van der Waals surface area contributed by atoms with Gasteiger partial charge in [-0.1, -0.05) is 0 Å². The lowest BCUT2D eigenvalue weighted by Gasteiger charge is -2.01. The highest BCUT2D eigenvalue weighted by Gasteiger charge is 2.10. The minimum Gasteiger partial charge on any atom is -0.350 e. The lowest BCUT2D eigenvalue weighted by molar-refractivity contribution is 0.629. The van der Waals surface area contributed by atoms with Crippen molar-refractivity contribution in [2.75, 3.05) is 0 Å². The molecule has 1 heterocycles. The zero-order chi connectivity index (χ0) is 10.3. The Morgan fingerprint density at radius 2 is 2.14 bits per heavy atom. The third-order valence-corrected chi connectivity index (χ3v) is 2.47. The van der Waals surface area contributed by atoms with Gasteiger partial charge in [-0.2, -0.15) is 0 Å². The molecule has 0 saturated carbocycles. The van der Waals surface area contributed by atoms with Crippen LogP contribution in [0.4, 0.5) is 4.39 Å². The number of nitrogens with two attached hydrogens (primary N) is 1. The van der Waals surface area contributed by atoms with E-state index < -0.39 is 0 Å². The van der Waals surface area contributed by atoms with Gasteiger partial charge in [-0.3, -0.25) is 0 Å². The number of hydrogen-bond donors (Lipinski definition) is 1. The molecule has 0 aliphatic carbocycles. The van der Waals surface area contributed by atoms with E-state index in [4.69, 9.17) is 5.73 Å². The molecule has 0 saturated heterocycles. The number of hydrogen-bond acceptors (Lipinski definition) is 1. The molecule has 1 unspecified atom stereocenters. The summed E-state index contributed by atoms with van der Waals surface area (Å²) in [5.41, 5.74) is 7.81. The summed E-state index contributed by atoms with van der Waals surface area (Å²) in [4.78, 5) is 0. The van der Waals surface area contributed by atoms with Gasteiger partial charge in [0.05, 0.1) is 0 Å². The second-order valence-electron chi connectivity index (χ2n) is 3.65. The second kappa shape index (κ2) is 3.10. The quantitative estimate of drug-likeness (QED) is 0.738. The molecule has 74 valence electrons. The van der Waals surface area contributed by atoms with Crippen molar-refractivity contribution in [1.29, 1.82) is 0 Å². The molecule has 1 atom stereocenters. The van der Waals surface area contributed by atoms with E-state index in [1.165, 1.54) is 12.1 Å². The molecule has 0 fully saturated rings. The fourth-order valence-corrected chi connectivity index (χ4v) is 1.76. The van der Waals surface area contributed by atoms with Gasteiger partial charge in [0.25, 0.3) is 0 Å². The number of nitrogens with zero attached hydrogens (tertiary/aromatic N) is 1. The summed E-state index contributed by atoms with van der Waals surface area (Å²) in [5, 5.41) is 0.905. The van der Waals surface area contributed by atoms with Crippen LogP contribution in [0.5, 0.6) is 0 Å². The molecule has 0 bridgehead atoms. The van der Waals surface area contributed by atoms with Crippen molar-refractivity contribution in [1.82, 2.24) is 4.57 Å². The molecule has 3 heteroatoms. The largest absolute Gasteiger partial charge is 0.350 e. The summed E-state index contributed by atoms with van der Waals surface area (Å²) in [6.07, 6.45) is 1.95. The molecule has 2 rings (SSSR count). The van der Waals surface area contributed by atoms with Crippen LogP contribution in [0.3, 0.4) is 0 Å². The maximum absolute atomic E-state index is 13.0. The van der Waals surface area contributed by atoms with Crippen LogP contribution in [0.15, 0.2) is 24.4 Å². The van der Waals surface area contributed by atoms with Crippen LogP contribution in [0.25, 0.3) is 10.9 Å². The smallest absolute Gasteiger partial charge is 0.123 e. The maximum atomic E-state index is 13.0. The van der Waals surface area contributed by atoms with Crippen molar-refractivity contribution >= 4 is 10.9 Å². The van der Waals surface area contributed by atoms with Crippen LogP contribution in [0.1, 0.15) is 18.5 Å². The predicted molar refractivity (Wildman–Crippen MR) is 55.5 cm³/mol. The van der Waals surface area contributed by atoms with Crippen LogP contribution in [-0.4, -0.2) is 4.57 Å². The van der Waals surface area contributed by atoms with E-state index in [1.54, 1.807) is 6.07 Å². The molecule has 0 aliphatic rings. The molecule has 14 heavy (non-hydrogen) atoms. The minimum absolute atomic E-state index is 0.0690. The molecule has 0 radical (unpaired) electrons. The topological polar surface area (TPSA) is 30.9 Å². The molecule has 0 aliphatic heterocycles. The number of aryl methyl sites for hydroxylation is 1. The highest BCUT2D eigenvalue weighted by atomic mass is 19.1. The van der Waals surface area contributed by atoms with Crippen LogP contribution >= 0.6 is 0 Å². The zero-order valence-corrected chi connectivity index (χ0v) is 8.29. The Kier molecular flexibility index (Phi) is 2.04. The summed E-state index contributed by atoms with van der Waals surface area (Å²) < 4.78 is 15.0. The van der Waals surface area contributed by atoms with Crippen molar-refractivity contribution in [3.63, 3.8) is 0 Å². The molecule has 0 spiro atoms. The molecule has 2 N–H and O–H groups in total. The Labute approximate surface area is 82.1 Å². The number of aromatic nitrogens is 1. The van der Waals surface area contributed by atoms with E-state index in [-0.39, 0.29) is 11.9 Å². The van der Waals surface area contributed by atoms with Gasteiger partial charge in [-0.25, -0.2) is 4.39 Å². The summed E-state index contributed by atoms with van der Waals surface area (Å²) in [7, 11) is 1.94. The first kappa shape index (κ1) is 9.21. The Morgan fingerprint density at radius 3 is 2.79 bits per heavy atom. The van der Waals surface area contributed by atoms with E-state index in [2.05, 4.69) is 0 Å². The molecule has 1 aromatic carbocycles. The normalized spacial score (nSPS) is 13.4. The second-order valence-corrected chi connectivity index (χ2v) is 3.65. The summed E-state index contributed by atoms with van der Waals surface area (Å²) >= 11 is 0. The molecule has 0 amide bonds. The highest BCUT2D eigenvalue weighted by molar-refractivity contribution is 5.84. The molecular formula is C11H13FN2. The number of halogens is 1. The highest BCUT2D eigenvalue weighted by Crippen LogP contribution is 2.25. The van der Waals surface area contributed by atoms with Gasteiger partial charge in [0.2, 0.25) is 0 Å². The Bertz CT molecular complexity index is 471. The first-order valence-corrected chi connectivity index (χ1v) is 4.59. The SMILES string of the molecule is CC(N)c1cn(C)c2ccc(F)cc12. The Balaban J connectivity index is 2.79. The van der Waals surface area contributed by atoms with E-state index in [1.807, 2.05) is 24.7 Å². The van der Waals surface area contributed by atoms with Crippen LogP contribution in [-0.2, 0) is 7.05 Å². The number of benzene rings is 1. The van der Waals surface area contributed by atoms with Gasteiger partial charge in [0, 0.05) is 30.2 Å². The van der Waals surface area contributed by atoms with Crippen LogP contribution < -0.4 is 5.73 Å². The number of fused-ring (bicyclic) bond motifs is 1. The third kappa shape index (κ3) is 1.30. The van der Waals surface area contributed by atoms with Crippen molar-refractivity contribution in [2.45, 2.75) is 13.0 Å². The van der Waals surface area contributed by atoms with E-state index in [9.17, 15) is 4.39 Å². The van der Waals surface area contributed by atoms with Gasteiger partial charge in [0.15, 0.2) is 0 Å². The maximum Gasteiger partial charge on any atom is 0.123 e. The van der Waals surface area contributed by atoms with Gasteiger partial charge < -0.3 is 10.3 Å². The first-order chi connectivity index (χ1) is 6.59. The average molecular weight is 192 g/mol. The van der Waals surface area contributed by atoms with Crippen molar-refractivity contribution in [2.24, 2.45) is 12.8 Å². The fraction of sp³-hybridized carbons (Fsp3) is 0.273. The van der Waals surface area contributed by atoms with E-state index >= 15 is 0 Å². The lowest BCUT2D eigenvalue weighted by atomic mass is 10.1. The van der Waals surface area contributed by atoms with E-state index in [0.29, 0.717) is 0 Å². The van der Waals surface area contributed by atoms with Crippen molar-refractivity contribution in [3.8, 4) is 0 Å². The molecule has 2 nitrogen and oxygen atoms in total. The van der Waals surface area contributed by atoms with Crippen LogP contribution in [0, 0.1) is 5.82 Å². The van der Waals surface area contributed by atoms with Gasteiger partial charge >= 0.3 is 0 Å². The third-order valence-electron chi connectivity index (χ3n) is 2.47. The molecule has 2 aromatic rings. The standard InChI is InChI=1S/C11H13FN2/c1-7(13)10-6-14(2)11-4-3-8(12)5-9(10)11/h3-7H,13H2,1-2H3. The average Bonchev–Trinajstić information content (AvgIpc) is 2.43. The lowest BCUT2D eigenvalue weighted by Crippen LogP contribution is -2.03. The minimum atomic E-state index is -0.217. The Morgan fingerprint density at radius 1 is 1.43 bits per heavy atom. The van der Waals surface area contributed by atoms with Crippen molar-refractivity contribution < 1.29 is 4.39 Å². The number of rotatable bonds is 1. The Hall–Kier alpha value is -1.35. The monoisotopic (exact) mass is 192 g/mol.